The predicted molar refractivity (Wildman–Crippen MR) is 200 cm³/mol. The Morgan fingerprint density at radius 1 is 0.646 bits per heavy atom. The number of fused-ring (bicyclic) bond motifs is 8. The predicted octanol–water partition coefficient (Wildman–Crippen LogP) is 10.7. The van der Waals surface area contributed by atoms with Crippen molar-refractivity contribution in [1.29, 1.82) is 0 Å². The van der Waals surface area contributed by atoms with Crippen LogP contribution in [0.2, 0.25) is 0 Å². The highest BCUT2D eigenvalue weighted by Gasteiger charge is 2.46. The van der Waals surface area contributed by atoms with Gasteiger partial charge in [0.1, 0.15) is 5.56 Å². The van der Waals surface area contributed by atoms with Crippen LogP contribution in [0.3, 0.4) is 0 Å². The molecule has 0 N–H and O–H groups in total. The van der Waals surface area contributed by atoms with E-state index in [1.807, 2.05) is 6.08 Å². The smallest absolute Gasteiger partial charge is 0.132 e. The highest BCUT2D eigenvalue weighted by molar-refractivity contribution is 5.98. The lowest BCUT2D eigenvalue weighted by Gasteiger charge is -2.24. The maximum atomic E-state index is 4.35. The quantitative estimate of drug-likeness (QED) is 0.172. The molecular weight excluding hydrogens is 581 g/mol. The largest absolute Gasteiger partial charge is 0.381 e. The van der Waals surface area contributed by atoms with Gasteiger partial charge in [-0.1, -0.05) is 111 Å². The van der Waals surface area contributed by atoms with Gasteiger partial charge < -0.3 is 0 Å². The van der Waals surface area contributed by atoms with E-state index in [1.165, 1.54) is 72.2 Å². The summed E-state index contributed by atoms with van der Waals surface area (Å²) in [5.74, 6) is 0. The molecule has 0 fully saturated rings. The summed E-state index contributed by atoms with van der Waals surface area (Å²) < 4.78 is 5.00. The van der Waals surface area contributed by atoms with Crippen molar-refractivity contribution >= 4 is 16.8 Å². The Kier molecular flexibility index (Phi) is 6.57. The van der Waals surface area contributed by atoms with Crippen LogP contribution in [0.5, 0.6) is 0 Å². The molecule has 2 heteroatoms. The van der Waals surface area contributed by atoms with Crippen LogP contribution < -0.4 is 9.13 Å². The lowest BCUT2D eigenvalue weighted by atomic mass is 9.79. The van der Waals surface area contributed by atoms with E-state index in [1.54, 1.807) is 0 Å². The first kappa shape index (κ1) is 30.5. The monoisotopic (exact) mass is 626 g/mol. The first-order valence-corrected chi connectivity index (χ1v) is 17.3. The van der Waals surface area contributed by atoms with Crippen molar-refractivity contribution in [2.45, 2.75) is 77.8 Å². The molecule has 0 bridgehead atoms. The fraction of sp³-hybridized carbons (Fsp3) is 0.261. The molecule has 48 heavy (non-hydrogen) atoms. The lowest BCUT2D eigenvalue weighted by Crippen LogP contribution is -2.57. The minimum Gasteiger partial charge on any atom is -0.132 e. The van der Waals surface area contributed by atoms with Gasteiger partial charge in [0.15, 0.2) is 12.4 Å². The summed E-state index contributed by atoms with van der Waals surface area (Å²) in [6.07, 6.45) is 6.67. The van der Waals surface area contributed by atoms with Crippen molar-refractivity contribution in [1.82, 2.24) is 0 Å². The SMILES string of the molecule is C=Cc1cc2c(cc1-c1cccc[n+]1C1c3cc(C(C)(C)C)ccc3-c3ccc(C(C)(C)C)c[n+]31)C(C)(C)c1c-2ccc2ccccc12. The standard InChI is InChI=1S/C46H46N2/c1-10-29-25-37-35-21-18-30-15-11-12-16-33(30)42(35)46(8,9)39(37)27-36(29)40-17-13-14-24-47(40)43-38-26-31(44(2,3)4)19-22-34(38)41-23-20-32(28-48(41)43)45(5,6)7/h10-28,43H,1H2,2-9H3/q+2. The summed E-state index contributed by atoms with van der Waals surface area (Å²) in [4.78, 5) is 0. The number of aromatic nitrogens is 2. The van der Waals surface area contributed by atoms with E-state index < -0.39 is 0 Å². The molecule has 0 radical (unpaired) electrons. The van der Waals surface area contributed by atoms with E-state index in [-0.39, 0.29) is 22.4 Å². The molecule has 0 saturated heterocycles. The fourth-order valence-electron chi connectivity index (χ4n) is 8.25. The third kappa shape index (κ3) is 4.45. The maximum Gasteiger partial charge on any atom is 0.381 e. The Hall–Kier alpha value is -4.82. The van der Waals surface area contributed by atoms with Gasteiger partial charge in [0.25, 0.3) is 0 Å². The van der Waals surface area contributed by atoms with Gasteiger partial charge in [-0.25, -0.2) is 0 Å². The third-order valence-corrected chi connectivity index (χ3v) is 10.9. The van der Waals surface area contributed by atoms with Crippen molar-refractivity contribution in [3.8, 4) is 33.6 Å². The van der Waals surface area contributed by atoms with E-state index >= 15 is 0 Å². The Balaban J connectivity index is 1.37. The highest BCUT2D eigenvalue weighted by Crippen LogP contribution is 2.53. The molecule has 2 aromatic heterocycles. The van der Waals surface area contributed by atoms with E-state index in [0.717, 1.165) is 5.56 Å². The van der Waals surface area contributed by atoms with Gasteiger partial charge >= 0.3 is 6.17 Å². The second-order valence-electron chi connectivity index (χ2n) is 16.4. The molecule has 8 rings (SSSR count). The Labute approximate surface area is 286 Å². The van der Waals surface area contributed by atoms with E-state index in [4.69, 9.17) is 0 Å². The first-order chi connectivity index (χ1) is 22.8. The van der Waals surface area contributed by atoms with Crippen LogP contribution in [0, 0.1) is 0 Å². The Bertz CT molecular complexity index is 2240. The number of hydrogen-bond donors (Lipinski definition) is 0. The third-order valence-electron chi connectivity index (χ3n) is 10.9. The zero-order chi connectivity index (χ0) is 33.7. The molecule has 0 saturated carbocycles. The summed E-state index contributed by atoms with van der Waals surface area (Å²) in [7, 11) is 0. The molecule has 4 aromatic carbocycles. The van der Waals surface area contributed by atoms with Gasteiger partial charge in [-0.2, -0.15) is 0 Å². The summed E-state index contributed by atoms with van der Waals surface area (Å²) in [6.45, 7) is 23.0. The van der Waals surface area contributed by atoms with Crippen LogP contribution >= 0.6 is 0 Å². The van der Waals surface area contributed by atoms with Crippen LogP contribution in [-0.4, -0.2) is 0 Å². The number of rotatable bonds is 3. The van der Waals surface area contributed by atoms with Crippen molar-refractivity contribution in [2.24, 2.45) is 0 Å². The number of nitrogens with zero attached hydrogens (tertiary/aromatic N) is 2. The minimum absolute atomic E-state index is 0.0306. The first-order valence-electron chi connectivity index (χ1n) is 17.3. The van der Waals surface area contributed by atoms with Gasteiger partial charge in [0.2, 0.25) is 11.4 Å². The normalized spacial score (nSPS) is 16.0. The van der Waals surface area contributed by atoms with Crippen molar-refractivity contribution in [3.63, 3.8) is 0 Å². The van der Waals surface area contributed by atoms with Crippen molar-refractivity contribution in [2.75, 3.05) is 0 Å². The van der Waals surface area contributed by atoms with E-state index in [2.05, 4.69) is 181 Å². The number of hydrogen-bond acceptors (Lipinski definition) is 0. The lowest BCUT2D eigenvalue weighted by molar-refractivity contribution is -0.921. The molecule has 1 unspecified atom stereocenters. The van der Waals surface area contributed by atoms with Gasteiger partial charge in [0.05, 0.1) is 11.1 Å². The molecule has 1 atom stereocenters. The Morgan fingerprint density at radius 3 is 2.08 bits per heavy atom. The number of benzene rings is 4. The second-order valence-corrected chi connectivity index (χ2v) is 16.4. The second kappa shape index (κ2) is 10.3. The molecule has 1 aliphatic carbocycles. The molecule has 0 amide bonds. The van der Waals surface area contributed by atoms with Crippen LogP contribution in [0.15, 0.2) is 116 Å². The van der Waals surface area contributed by atoms with E-state index in [0.29, 0.717) is 0 Å². The molecule has 0 spiro atoms. The summed E-state index contributed by atoms with van der Waals surface area (Å²) in [6, 6.07) is 36.7. The molecule has 1 aliphatic heterocycles. The Morgan fingerprint density at radius 2 is 1.33 bits per heavy atom. The molecule has 238 valence electrons. The summed E-state index contributed by atoms with van der Waals surface area (Å²) in [5, 5.41) is 2.63. The van der Waals surface area contributed by atoms with Gasteiger partial charge in [-0.05, 0) is 91.4 Å². The van der Waals surface area contributed by atoms with Crippen LogP contribution in [0.25, 0.3) is 50.5 Å². The average Bonchev–Trinajstić information content (AvgIpc) is 3.50. The maximum absolute atomic E-state index is 4.35. The topological polar surface area (TPSA) is 7.76 Å². The van der Waals surface area contributed by atoms with Gasteiger partial charge in [0, 0.05) is 29.2 Å². The minimum atomic E-state index is -0.149. The van der Waals surface area contributed by atoms with Gasteiger partial charge in [-0.3, -0.25) is 0 Å². The van der Waals surface area contributed by atoms with E-state index in [9.17, 15) is 0 Å². The average molecular weight is 627 g/mol. The van der Waals surface area contributed by atoms with Crippen molar-refractivity contribution in [3.05, 3.63) is 149 Å². The molecule has 6 aromatic rings. The highest BCUT2D eigenvalue weighted by atomic mass is 15.2. The molecule has 3 heterocycles. The molecule has 2 aliphatic rings. The fourth-order valence-corrected chi connectivity index (χ4v) is 8.25. The molecular formula is C46H46N2+2. The van der Waals surface area contributed by atoms with Crippen molar-refractivity contribution < 1.29 is 9.13 Å². The van der Waals surface area contributed by atoms with Gasteiger partial charge in [-0.15, -0.1) is 9.13 Å². The molecule has 2 nitrogen and oxygen atoms in total. The van der Waals surface area contributed by atoms with Crippen LogP contribution in [0.1, 0.15) is 94.9 Å². The zero-order valence-electron chi connectivity index (χ0n) is 29.6. The summed E-state index contributed by atoms with van der Waals surface area (Å²) in [5.41, 5.74) is 15.5. The summed E-state index contributed by atoms with van der Waals surface area (Å²) >= 11 is 0. The van der Waals surface area contributed by atoms with Crippen LogP contribution in [-0.2, 0) is 16.2 Å². The number of pyridine rings is 2. The zero-order valence-corrected chi connectivity index (χ0v) is 29.6. The van der Waals surface area contributed by atoms with Crippen LogP contribution in [0.4, 0.5) is 0 Å².